The van der Waals surface area contributed by atoms with E-state index in [4.69, 9.17) is 0 Å². The van der Waals surface area contributed by atoms with Crippen LogP contribution in [0.15, 0.2) is 23.7 Å². The monoisotopic (exact) mass is 290 g/mol. The molecule has 1 amide bonds. The van der Waals surface area contributed by atoms with Crippen LogP contribution in [0, 0.1) is 0 Å². The van der Waals surface area contributed by atoms with Gasteiger partial charge in [-0.3, -0.25) is 10.1 Å². The molecule has 0 aliphatic rings. The van der Waals surface area contributed by atoms with E-state index in [0.29, 0.717) is 16.6 Å². The average Bonchev–Trinajstić information content (AvgIpc) is 2.88. The first-order valence-corrected chi connectivity index (χ1v) is 7.44. The van der Waals surface area contributed by atoms with Crippen LogP contribution in [-0.4, -0.2) is 22.4 Å². The number of hydrogen-bond acceptors (Lipinski definition) is 5. The van der Waals surface area contributed by atoms with Gasteiger partial charge in [0.1, 0.15) is 5.82 Å². The Morgan fingerprint density at radius 2 is 2.20 bits per heavy atom. The molecule has 0 spiro atoms. The molecule has 0 saturated carbocycles. The van der Waals surface area contributed by atoms with Crippen molar-refractivity contribution in [3.8, 4) is 0 Å². The molecule has 106 valence electrons. The van der Waals surface area contributed by atoms with E-state index in [1.165, 1.54) is 11.3 Å². The van der Waals surface area contributed by atoms with Gasteiger partial charge >= 0.3 is 0 Å². The third-order valence-corrected chi connectivity index (χ3v) is 3.49. The fourth-order valence-corrected chi connectivity index (χ4v) is 2.46. The maximum absolute atomic E-state index is 12.1. The Hall–Kier alpha value is -1.95. The van der Waals surface area contributed by atoms with Crippen molar-refractivity contribution in [1.29, 1.82) is 0 Å². The zero-order valence-electron chi connectivity index (χ0n) is 11.8. The molecule has 0 radical (unpaired) electrons. The third-order valence-electron chi connectivity index (χ3n) is 2.72. The van der Waals surface area contributed by atoms with Crippen LogP contribution >= 0.6 is 11.3 Å². The number of pyridine rings is 1. The Balaban J connectivity index is 2.03. The first kappa shape index (κ1) is 14.5. The molecular weight excluding hydrogens is 272 g/mol. The molecule has 2 aromatic rings. The third kappa shape index (κ3) is 3.54. The van der Waals surface area contributed by atoms with Crippen LogP contribution < -0.4 is 10.6 Å². The van der Waals surface area contributed by atoms with E-state index in [9.17, 15) is 4.79 Å². The van der Waals surface area contributed by atoms with Gasteiger partial charge < -0.3 is 5.32 Å². The highest BCUT2D eigenvalue weighted by Gasteiger charge is 2.10. The molecule has 2 N–H and O–H groups in total. The standard InChI is InChI=1S/C14H18N4OS/c1-4-15-12-6-5-10(7-16-12)13(19)18-14-17-11(8-20-14)9(2)3/h5-9H,4H2,1-3H3,(H,15,16)(H,17,18,19). The van der Waals surface area contributed by atoms with Crippen LogP contribution in [0.2, 0.25) is 0 Å². The summed E-state index contributed by atoms with van der Waals surface area (Å²) in [5, 5.41) is 8.46. The molecule has 0 bridgehead atoms. The highest BCUT2D eigenvalue weighted by atomic mass is 32.1. The van der Waals surface area contributed by atoms with Crippen LogP contribution in [0.1, 0.15) is 42.7 Å². The van der Waals surface area contributed by atoms with E-state index < -0.39 is 0 Å². The van der Waals surface area contributed by atoms with Gasteiger partial charge in [-0.2, -0.15) is 0 Å². The number of anilines is 2. The second-order valence-electron chi connectivity index (χ2n) is 4.65. The molecule has 0 aromatic carbocycles. The lowest BCUT2D eigenvalue weighted by Crippen LogP contribution is -2.12. The van der Waals surface area contributed by atoms with Gasteiger partial charge in [-0.1, -0.05) is 13.8 Å². The highest BCUT2D eigenvalue weighted by molar-refractivity contribution is 7.14. The number of amides is 1. The van der Waals surface area contributed by atoms with Gasteiger partial charge in [-0.25, -0.2) is 9.97 Å². The van der Waals surface area contributed by atoms with Crippen LogP contribution in [0.4, 0.5) is 10.9 Å². The summed E-state index contributed by atoms with van der Waals surface area (Å²) in [4.78, 5) is 20.6. The van der Waals surface area contributed by atoms with Crippen LogP contribution in [-0.2, 0) is 0 Å². The van der Waals surface area contributed by atoms with Gasteiger partial charge in [0.15, 0.2) is 5.13 Å². The Morgan fingerprint density at radius 3 is 2.75 bits per heavy atom. The Kier molecular flexibility index (Phi) is 4.68. The molecule has 5 nitrogen and oxygen atoms in total. The van der Waals surface area contributed by atoms with Gasteiger partial charge in [-0.05, 0) is 25.0 Å². The first-order valence-electron chi connectivity index (χ1n) is 6.57. The summed E-state index contributed by atoms with van der Waals surface area (Å²) in [7, 11) is 0. The zero-order valence-corrected chi connectivity index (χ0v) is 12.6. The minimum absolute atomic E-state index is 0.190. The molecule has 2 rings (SSSR count). The second kappa shape index (κ2) is 6.47. The van der Waals surface area contributed by atoms with Crippen molar-refractivity contribution < 1.29 is 4.79 Å². The van der Waals surface area contributed by atoms with E-state index >= 15 is 0 Å². The molecule has 0 saturated heterocycles. The van der Waals surface area contributed by atoms with E-state index in [-0.39, 0.29) is 5.91 Å². The zero-order chi connectivity index (χ0) is 14.5. The maximum atomic E-state index is 12.1. The lowest BCUT2D eigenvalue weighted by Gasteiger charge is -2.04. The van der Waals surface area contributed by atoms with Crippen molar-refractivity contribution in [3.05, 3.63) is 35.0 Å². The number of nitrogens with zero attached hydrogens (tertiary/aromatic N) is 2. The van der Waals surface area contributed by atoms with Gasteiger partial charge in [0.25, 0.3) is 5.91 Å². The largest absolute Gasteiger partial charge is 0.370 e. The number of nitrogens with one attached hydrogen (secondary N) is 2. The Labute approximate surface area is 122 Å². The summed E-state index contributed by atoms with van der Waals surface area (Å²) in [6.45, 7) is 6.95. The number of hydrogen-bond donors (Lipinski definition) is 2. The van der Waals surface area contributed by atoms with Crippen molar-refractivity contribution in [1.82, 2.24) is 9.97 Å². The van der Waals surface area contributed by atoms with Gasteiger partial charge in [0.05, 0.1) is 11.3 Å². The molecule has 0 fully saturated rings. The van der Waals surface area contributed by atoms with Crippen molar-refractivity contribution in [2.75, 3.05) is 17.2 Å². The van der Waals surface area contributed by atoms with Crippen molar-refractivity contribution in [2.24, 2.45) is 0 Å². The van der Waals surface area contributed by atoms with E-state index in [1.54, 1.807) is 18.3 Å². The molecule has 2 aromatic heterocycles. The molecule has 2 heterocycles. The number of carbonyl (C=O) groups is 1. The van der Waals surface area contributed by atoms with E-state index in [0.717, 1.165) is 18.1 Å². The summed E-state index contributed by atoms with van der Waals surface area (Å²) in [6.07, 6.45) is 1.56. The van der Waals surface area contributed by atoms with E-state index in [1.807, 2.05) is 12.3 Å². The molecule has 6 heteroatoms. The van der Waals surface area contributed by atoms with Crippen LogP contribution in [0.3, 0.4) is 0 Å². The molecule has 0 aliphatic heterocycles. The lowest BCUT2D eigenvalue weighted by atomic mass is 10.2. The van der Waals surface area contributed by atoms with Gasteiger partial charge in [0, 0.05) is 18.1 Å². The Morgan fingerprint density at radius 1 is 1.40 bits per heavy atom. The summed E-state index contributed by atoms with van der Waals surface area (Å²) in [5.74, 6) is 0.934. The fourth-order valence-electron chi connectivity index (χ4n) is 1.59. The number of aromatic nitrogens is 2. The van der Waals surface area contributed by atoms with Crippen LogP contribution in [0.5, 0.6) is 0 Å². The quantitative estimate of drug-likeness (QED) is 0.886. The Bertz CT molecular complexity index is 577. The number of thiazole rings is 1. The predicted octanol–water partition coefficient (Wildman–Crippen LogP) is 3.35. The minimum Gasteiger partial charge on any atom is -0.370 e. The minimum atomic E-state index is -0.190. The SMILES string of the molecule is CCNc1ccc(C(=O)Nc2nc(C(C)C)cs2)cn1. The second-order valence-corrected chi connectivity index (χ2v) is 5.51. The topological polar surface area (TPSA) is 66.9 Å². The van der Waals surface area contributed by atoms with Gasteiger partial charge in [0.2, 0.25) is 0 Å². The summed E-state index contributed by atoms with van der Waals surface area (Å²) < 4.78 is 0. The molecule has 0 aliphatic carbocycles. The van der Waals surface area contributed by atoms with E-state index in [2.05, 4.69) is 34.4 Å². The lowest BCUT2D eigenvalue weighted by molar-refractivity contribution is 0.102. The average molecular weight is 290 g/mol. The smallest absolute Gasteiger partial charge is 0.259 e. The summed E-state index contributed by atoms with van der Waals surface area (Å²) in [6, 6.07) is 3.54. The normalized spacial score (nSPS) is 10.6. The number of rotatable bonds is 5. The van der Waals surface area contributed by atoms with Crippen molar-refractivity contribution in [2.45, 2.75) is 26.7 Å². The molecule has 20 heavy (non-hydrogen) atoms. The number of carbonyl (C=O) groups excluding carboxylic acids is 1. The summed E-state index contributed by atoms with van der Waals surface area (Å²) in [5.41, 5.74) is 1.51. The fraction of sp³-hybridized carbons (Fsp3) is 0.357. The maximum Gasteiger partial charge on any atom is 0.259 e. The first-order chi connectivity index (χ1) is 9.60. The van der Waals surface area contributed by atoms with Crippen molar-refractivity contribution >= 4 is 28.2 Å². The van der Waals surface area contributed by atoms with Gasteiger partial charge in [-0.15, -0.1) is 11.3 Å². The summed E-state index contributed by atoms with van der Waals surface area (Å²) >= 11 is 1.44. The predicted molar refractivity (Wildman–Crippen MR) is 82.6 cm³/mol. The molecule has 0 atom stereocenters. The van der Waals surface area contributed by atoms with Crippen LogP contribution in [0.25, 0.3) is 0 Å². The van der Waals surface area contributed by atoms with Crippen molar-refractivity contribution in [3.63, 3.8) is 0 Å². The molecular formula is C14H18N4OS. The highest BCUT2D eigenvalue weighted by Crippen LogP contribution is 2.21. The molecule has 0 unspecified atom stereocenters.